The molecule has 154 valence electrons. The van der Waals surface area contributed by atoms with Gasteiger partial charge < -0.3 is 10.5 Å². The Morgan fingerprint density at radius 2 is 2.00 bits per heavy atom. The quantitative estimate of drug-likeness (QED) is 0.456. The number of hydrogen-bond acceptors (Lipinski definition) is 6. The Bertz CT molecular complexity index is 1330. The topological polar surface area (TPSA) is 116 Å². The fraction of sp³-hybridized carbons (Fsp3) is 0.100. The monoisotopic (exact) mass is 442 g/mol. The number of nitrogens with two attached hydrogens (primary N) is 1. The van der Waals surface area contributed by atoms with E-state index >= 15 is 0 Å². The molecule has 0 radical (unpaired) electrons. The molecule has 0 spiro atoms. The molecule has 0 saturated heterocycles. The highest BCUT2D eigenvalue weighted by atomic mass is 32.2. The normalized spacial score (nSPS) is 11.5. The zero-order valence-corrected chi connectivity index (χ0v) is 17.5. The van der Waals surface area contributed by atoms with E-state index in [2.05, 4.69) is 9.82 Å². The molecule has 0 fully saturated rings. The lowest BCUT2D eigenvalue weighted by molar-refractivity contribution is 0.1000. The van der Waals surface area contributed by atoms with E-state index in [4.69, 9.17) is 10.5 Å². The van der Waals surface area contributed by atoms with Crippen molar-refractivity contribution in [3.8, 4) is 5.75 Å². The summed E-state index contributed by atoms with van der Waals surface area (Å²) >= 11 is 1.12. The number of nitrogens with one attached hydrogen (secondary N) is 1. The molecule has 10 heteroatoms. The van der Waals surface area contributed by atoms with Crippen molar-refractivity contribution in [2.24, 2.45) is 5.73 Å². The van der Waals surface area contributed by atoms with Crippen molar-refractivity contribution in [3.05, 3.63) is 71.1 Å². The van der Waals surface area contributed by atoms with E-state index in [1.807, 2.05) is 12.1 Å². The lowest BCUT2D eigenvalue weighted by Gasteiger charge is -2.06. The van der Waals surface area contributed by atoms with E-state index in [1.165, 1.54) is 13.2 Å². The molecule has 30 heavy (non-hydrogen) atoms. The van der Waals surface area contributed by atoms with Crippen LogP contribution in [0.4, 0.5) is 5.82 Å². The van der Waals surface area contributed by atoms with Crippen LogP contribution in [0.15, 0.2) is 64.2 Å². The molecule has 0 aliphatic heterocycles. The number of primary amides is 1. The summed E-state index contributed by atoms with van der Waals surface area (Å²) in [7, 11) is -2.27. The molecule has 0 bridgehead atoms. The van der Waals surface area contributed by atoms with Gasteiger partial charge in [-0.2, -0.15) is 5.10 Å². The van der Waals surface area contributed by atoms with Crippen LogP contribution in [0.25, 0.3) is 10.9 Å². The molecule has 2 aromatic carbocycles. The van der Waals surface area contributed by atoms with Gasteiger partial charge in [0.2, 0.25) is 5.91 Å². The summed E-state index contributed by atoms with van der Waals surface area (Å²) < 4.78 is 35.4. The highest BCUT2D eigenvalue weighted by Gasteiger charge is 2.22. The van der Waals surface area contributed by atoms with Crippen molar-refractivity contribution >= 4 is 44.0 Å². The molecule has 0 aliphatic rings. The molecule has 4 rings (SSSR count). The van der Waals surface area contributed by atoms with Gasteiger partial charge in [0.05, 0.1) is 24.6 Å². The minimum atomic E-state index is -3.79. The van der Waals surface area contributed by atoms with Gasteiger partial charge in [-0.05, 0) is 41.3 Å². The van der Waals surface area contributed by atoms with Crippen molar-refractivity contribution in [1.29, 1.82) is 0 Å². The van der Waals surface area contributed by atoms with Gasteiger partial charge in [0.1, 0.15) is 9.96 Å². The van der Waals surface area contributed by atoms with E-state index in [0.29, 0.717) is 28.8 Å². The number of fused-ring (bicyclic) bond motifs is 1. The van der Waals surface area contributed by atoms with E-state index < -0.39 is 15.9 Å². The molecule has 3 N–H and O–H groups in total. The average molecular weight is 443 g/mol. The van der Waals surface area contributed by atoms with Gasteiger partial charge >= 0.3 is 0 Å². The number of ether oxygens (including phenoxy) is 1. The molecule has 1 amide bonds. The Morgan fingerprint density at radius 3 is 2.70 bits per heavy atom. The Hall–Kier alpha value is -3.37. The zero-order chi connectivity index (χ0) is 21.3. The first-order chi connectivity index (χ1) is 14.4. The lowest BCUT2D eigenvalue weighted by Crippen LogP contribution is -2.13. The van der Waals surface area contributed by atoms with Crippen molar-refractivity contribution in [2.45, 2.75) is 10.8 Å². The van der Waals surface area contributed by atoms with Crippen LogP contribution in [0.3, 0.4) is 0 Å². The van der Waals surface area contributed by atoms with Gasteiger partial charge in [0, 0.05) is 5.56 Å². The molecule has 0 saturated carbocycles. The number of thiophene rings is 1. The number of carbonyl (C=O) groups is 1. The molecule has 8 nitrogen and oxygen atoms in total. The second kappa shape index (κ2) is 7.81. The number of methoxy groups -OCH3 is 1. The minimum absolute atomic E-state index is 0.168. The maximum atomic E-state index is 12.8. The standard InChI is InChI=1S/C20H18N4O4S2/c1-28-16-8-3-7-15-18(16)20(23-30(26,27)17-9-4-10-29-17)22-24(15)12-13-5-2-6-14(11-13)19(21)25/h2-11H,12H2,1H3,(H2,21,25)(H,22,23). The number of anilines is 1. The second-order valence-corrected chi connectivity index (χ2v) is 9.32. The molecule has 0 unspecified atom stereocenters. The summed E-state index contributed by atoms with van der Waals surface area (Å²) in [6, 6.07) is 15.5. The summed E-state index contributed by atoms with van der Waals surface area (Å²) in [5, 5.41) is 6.74. The summed E-state index contributed by atoms with van der Waals surface area (Å²) in [6.07, 6.45) is 0. The highest BCUT2D eigenvalue weighted by molar-refractivity contribution is 7.94. The predicted molar refractivity (Wildman–Crippen MR) is 115 cm³/mol. The smallest absolute Gasteiger partial charge is 0.272 e. The third-order valence-electron chi connectivity index (χ3n) is 4.49. The lowest BCUT2D eigenvalue weighted by atomic mass is 10.1. The maximum absolute atomic E-state index is 12.8. The van der Waals surface area contributed by atoms with Crippen molar-refractivity contribution in [2.75, 3.05) is 11.8 Å². The third kappa shape index (κ3) is 3.74. The molecule has 2 aromatic heterocycles. The zero-order valence-electron chi connectivity index (χ0n) is 15.9. The van der Waals surface area contributed by atoms with Gasteiger partial charge in [-0.25, -0.2) is 8.42 Å². The largest absolute Gasteiger partial charge is 0.496 e. The van der Waals surface area contributed by atoms with E-state index in [9.17, 15) is 13.2 Å². The van der Waals surface area contributed by atoms with E-state index in [-0.39, 0.29) is 10.0 Å². The van der Waals surface area contributed by atoms with Gasteiger partial charge in [-0.3, -0.25) is 14.2 Å². The van der Waals surface area contributed by atoms with Crippen LogP contribution in [-0.4, -0.2) is 31.2 Å². The van der Waals surface area contributed by atoms with Crippen LogP contribution in [0.1, 0.15) is 15.9 Å². The van der Waals surface area contributed by atoms with Crippen LogP contribution in [-0.2, 0) is 16.6 Å². The molecular formula is C20H18N4O4S2. The fourth-order valence-electron chi connectivity index (χ4n) is 3.15. The molecule has 0 atom stereocenters. The van der Waals surface area contributed by atoms with E-state index in [1.54, 1.807) is 46.5 Å². The van der Waals surface area contributed by atoms with Crippen molar-refractivity contribution in [3.63, 3.8) is 0 Å². The molecule has 4 aromatic rings. The van der Waals surface area contributed by atoms with Gasteiger partial charge in [-0.1, -0.05) is 24.3 Å². The number of amides is 1. The maximum Gasteiger partial charge on any atom is 0.272 e. The SMILES string of the molecule is COc1cccc2c1c(NS(=O)(=O)c1cccs1)nn2Cc1cccc(C(N)=O)c1. The molecule has 0 aliphatic carbocycles. The third-order valence-corrected chi connectivity index (χ3v) is 7.23. The summed E-state index contributed by atoms with van der Waals surface area (Å²) in [4.78, 5) is 11.5. The number of sulfonamides is 1. The number of nitrogens with zero attached hydrogens (tertiary/aromatic N) is 2. The number of benzene rings is 2. The second-order valence-electron chi connectivity index (χ2n) is 6.46. The summed E-state index contributed by atoms with van der Waals surface area (Å²) in [5.74, 6) is 0.142. The molecule has 2 heterocycles. The van der Waals surface area contributed by atoms with Crippen LogP contribution < -0.4 is 15.2 Å². The van der Waals surface area contributed by atoms with Gasteiger partial charge in [-0.15, -0.1) is 11.3 Å². The first-order valence-corrected chi connectivity index (χ1v) is 11.2. The number of aromatic nitrogens is 2. The summed E-state index contributed by atoms with van der Waals surface area (Å²) in [5.41, 5.74) is 7.24. The van der Waals surface area contributed by atoms with Crippen molar-refractivity contribution < 1.29 is 17.9 Å². The van der Waals surface area contributed by atoms with Crippen LogP contribution in [0.5, 0.6) is 5.75 Å². The Morgan fingerprint density at radius 1 is 1.20 bits per heavy atom. The first-order valence-electron chi connectivity index (χ1n) is 8.87. The van der Waals surface area contributed by atoms with E-state index in [0.717, 1.165) is 16.9 Å². The summed E-state index contributed by atoms with van der Waals surface area (Å²) in [6.45, 7) is 0.311. The molecular weight excluding hydrogens is 424 g/mol. The fourth-order valence-corrected chi connectivity index (χ4v) is 5.15. The highest BCUT2D eigenvalue weighted by Crippen LogP contribution is 2.34. The van der Waals surface area contributed by atoms with Crippen LogP contribution in [0, 0.1) is 0 Å². The predicted octanol–water partition coefficient (Wildman–Crippen LogP) is 3.05. The minimum Gasteiger partial charge on any atom is -0.496 e. The van der Waals surface area contributed by atoms with Crippen molar-refractivity contribution in [1.82, 2.24) is 9.78 Å². The average Bonchev–Trinajstić information content (AvgIpc) is 3.38. The Labute approximate surface area is 176 Å². The number of carbonyl (C=O) groups excluding carboxylic acids is 1. The van der Waals surface area contributed by atoms with Crippen LogP contribution in [0.2, 0.25) is 0 Å². The van der Waals surface area contributed by atoms with Gasteiger partial charge in [0.15, 0.2) is 5.82 Å². The first kappa shape index (κ1) is 19.9. The Kier molecular flexibility index (Phi) is 5.18. The number of hydrogen-bond donors (Lipinski definition) is 2. The number of rotatable bonds is 7. The van der Waals surface area contributed by atoms with Crippen LogP contribution >= 0.6 is 11.3 Å². The van der Waals surface area contributed by atoms with Gasteiger partial charge in [0.25, 0.3) is 10.0 Å². The Balaban J connectivity index is 1.80.